The van der Waals surface area contributed by atoms with Crippen LogP contribution in [0.4, 0.5) is 24.8 Å². The second-order valence-electron chi connectivity index (χ2n) is 9.52. The molecule has 0 radical (unpaired) electrons. The topological polar surface area (TPSA) is 133 Å². The fourth-order valence-electron chi connectivity index (χ4n) is 4.12. The Kier molecular flexibility index (Phi) is 7.91. The summed E-state index contributed by atoms with van der Waals surface area (Å²) in [7, 11) is -0.551. The Hall–Kier alpha value is -4.82. The number of aromatic amines is 1. The molecule has 10 nitrogen and oxygen atoms in total. The van der Waals surface area contributed by atoms with Gasteiger partial charge in [0.15, 0.2) is 5.82 Å². The van der Waals surface area contributed by atoms with Crippen LogP contribution in [0.3, 0.4) is 0 Å². The molecule has 0 saturated carbocycles. The molecule has 0 fully saturated rings. The Labute approximate surface area is 238 Å². The number of hydrogen-bond acceptors (Lipinski definition) is 8. The van der Waals surface area contributed by atoms with Crippen LogP contribution in [0.5, 0.6) is 0 Å². The van der Waals surface area contributed by atoms with Gasteiger partial charge in [0.05, 0.1) is 16.1 Å². The van der Waals surface area contributed by atoms with E-state index in [9.17, 15) is 22.0 Å². The molecule has 5 rings (SSSR count). The first-order valence-electron chi connectivity index (χ1n) is 12.5. The number of rotatable bonds is 10. The van der Waals surface area contributed by atoms with E-state index in [-0.39, 0.29) is 16.6 Å². The Balaban J connectivity index is 1.45. The fraction of sp³-hybridized carbons (Fsp3) is 0.143. The predicted molar refractivity (Wildman–Crippen MR) is 151 cm³/mol. The van der Waals surface area contributed by atoms with Gasteiger partial charge < -0.3 is 15.2 Å². The minimum absolute atomic E-state index is 0.0924. The van der Waals surface area contributed by atoms with Gasteiger partial charge in [0.25, 0.3) is 10.0 Å². The number of ketones is 1. The molecule has 0 aliphatic carbocycles. The lowest BCUT2D eigenvalue weighted by Gasteiger charge is -2.12. The molecule has 42 heavy (non-hydrogen) atoms. The smallest absolute Gasteiger partial charge is 0.262 e. The SMILES string of the molecule is CN(C)CCNc1ncc(-c2cnc3[nH]cc(C(=O)c4c(F)ccc(NS(=O)(=O)c5cccc(F)c5)c4F)c3c2)cn1. The summed E-state index contributed by atoms with van der Waals surface area (Å²) >= 11 is 0. The quantitative estimate of drug-likeness (QED) is 0.202. The van der Waals surface area contributed by atoms with Crippen molar-refractivity contribution in [2.24, 2.45) is 0 Å². The van der Waals surface area contributed by atoms with Crippen molar-refractivity contribution in [1.29, 1.82) is 0 Å². The average Bonchev–Trinajstić information content (AvgIpc) is 3.38. The van der Waals surface area contributed by atoms with E-state index in [1.54, 1.807) is 18.5 Å². The van der Waals surface area contributed by atoms with Crippen LogP contribution in [0.25, 0.3) is 22.2 Å². The Morgan fingerprint density at radius 1 is 0.976 bits per heavy atom. The number of aromatic nitrogens is 4. The highest BCUT2D eigenvalue weighted by Crippen LogP contribution is 2.30. The van der Waals surface area contributed by atoms with E-state index in [2.05, 4.69) is 25.3 Å². The summed E-state index contributed by atoms with van der Waals surface area (Å²) in [6, 6.07) is 7.28. The zero-order chi connectivity index (χ0) is 30.0. The van der Waals surface area contributed by atoms with E-state index in [0.29, 0.717) is 23.6 Å². The van der Waals surface area contributed by atoms with Crippen LogP contribution in [0.15, 0.2) is 72.1 Å². The lowest BCUT2D eigenvalue weighted by Crippen LogP contribution is -2.21. The van der Waals surface area contributed by atoms with E-state index < -0.39 is 49.4 Å². The number of nitrogens with one attached hydrogen (secondary N) is 3. The van der Waals surface area contributed by atoms with E-state index in [0.717, 1.165) is 36.9 Å². The van der Waals surface area contributed by atoms with E-state index in [1.807, 2.05) is 23.7 Å². The average molecular weight is 596 g/mol. The summed E-state index contributed by atoms with van der Waals surface area (Å²) in [5.74, 6) is -4.05. The van der Waals surface area contributed by atoms with Gasteiger partial charge in [-0.05, 0) is 50.5 Å². The number of likely N-dealkylation sites (N-methyl/N-ethyl adjacent to an activating group) is 1. The van der Waals surface area contributed by atoms with Gasteiger partial charge in [-0.25, -0.2) is 36.5 Å². The van der Waals surface area contributed by atoms with Gasteiger partial charge in [-0.15, -0.1) is 0 Å². The molecule has 5 aromatic rings. The number of benzene rings is 2. The third-order valence-corrected chi connectivity index (χ3v) is 7.64. The second-order valence-corrected chi connectivity index (χ2v) is 11.2. The summed E-state index contributed by atoms with van der Waals surface area (Å²) in [4.78, 5) is 30.7. The van der Waals surface area contributed by atoms with Gasteiger partial charge >= 0.3 is 0 Å². The summed E-state index contributed by atoms with van der Waals surface area (Å²) in [5.41, 5.74) is -0.322. The Morgan fingerprint density at radius 3 is 2.43 bits per heavy atom. The van der Waals surface area contributed by atoms with Crippen LogP contribution in [-0.4, -0.2) is 66.2 Å². The predicted octanol–water partition coefficient (Wildman–Crippen LogP) is 4.44. The summed E-state index contributed by atoms with van der Waals surface area (Å²) in [6.45, 7) is 1.44. The molecule has 0 aliphatic heterocycles. The van der Waals surface area contributed by atoms with Crippen molar-refractivity contribution < 1.29 is 26.4 Å². The molecule has 2 aromatic carbocycles. The second kappa shape index (κ2) is 11.6. The first kappa shape index (κ1) is 28.7. The molecule has 0 atom stereocenters. The Morgan fingerprint density at radius 2 is 1.71 bits per heavy atom. The molecule has 3 aromatic heterocycles. The van der Waals surface area contributed by atoms with Gasteiger partial charge in [-0.3, -0.25) is 9.52 Å². The van der Waals surface area contributed by atoms with Crippen LogP contribution in [0.1, 0.15) is 15.9 Å². The number of carbonyl (C=O) groups is 1. The van der Waals surface area contributed by atoms with Crippen LogP contribution < -0.4 is 10.0 Å². The molecular weight excluding hydrogens is 571 g/mol. The van der Waals surface area contributed by atoms with Crippen molar-refractivity contribution in [3.63, 3.8) is 0 Å². The van der Waals surface area contributed by atoms with Gasteiger partial charge in [0.2, 0.25) is 11.7 Å². The first-order valence-corrected chi connectivity index (χ1v) is 14.0. The molecule has 0 saturated heterocycles. The lowest BCUT2D eigenvalue weighted by atomic mass is 10.0. The first-order chi connectivity index (χ1) is 20.0. The largest absolute Gasteiger partial charge is 0.353 e. The molecule has 0 amide bonds. The van der Waals surface area contributed by atoms with Gasteiger partial charge in [0, 0.05) is 60.0 Å². The summed E-state index contributed by atoms with van der Waals surface area (Å²) in [5, 5.41) is 3.38. The van der Waals surface area contributed by atoms with Gasteiger partial charge in [-0.2, -0.15) is 0 Å². The van der Waals surface area contributed by atoms with Crippen molar-refractivity contribution in [2.75, 3.05) is 37.2 Å². The molecule has 3 heterocycles. The van der Waals surface area contributed by atoms with E-state index in [1.165, 1.54) is 18.5 Å². The standard InChI is InChI=1S/C28H24F3N7O3S/c1-38(2)9-8-32-28-35-13-17(14-36-28)16-10-20-21(15-34-27(20)33-12-16)26(39)24-22(30)6-7-23(25(24)31)37-42(40,41)19-5-3-4-18(29)11-19/h3-7,10-15,37H,8-9H2,1-2H3,(H,33,34)(H,32,35,36). The number of sulfonamides is 1. The Bertz CT molecular complexity index is 1900. The molecule has 216 valence electrons. The third-order valence-electron chi connectivity index (χ3n) is 6.27. The van der Waals surface area contributed by atoms with Crippen LogP contribution in [0.2, 0.25) is 0 Å². The summed E-state index contributed by atoms with van der Waals surface area (Å²) in [6.07, 6.45) is 5.96. The zero-order valence-electron chi connectivity index (χ0n) is 22.3. The third kappa shape index (κ3) is 5.94. The highest BCUT2D eigenvalue weighted by molar-refractivity contribution is 7.92. The molecule has 3 N–H and O–H groups in total. The van der Waals surface area contributed by atoms with Crippen molar-refractivity contribution in [2.45, 2.75) is 4.90 Å². The van der Waals surface area contributed by atoms with Crippen molar-refractivity contribution in [3.8, 4) is 11.1 Å². The molecule has 0 aliphatic rings. The maximum atomic E-state index is 15.5. The number of anilines is 2. The van der Waals surface area contributed by atoms with E-state index in [4.69, 9.17) is 0 Å². The minimum atomic E-state index is -4.45. The maximum absolute atomic E-state index is 15.5. The maximum Gasteiger partial charge on any atom is 0.262 e. The monoisotopic (exact) mass is 595 g/mol. The molecule has 0 unspecified atom stereocenters. The number of halogens is 3. The molecule has 14 heteroatoms. The normalized spacial score (nSPS) is 11.7. The number of carbonyl (C=O) groups excluding carboxylic acids is 1. The van der Waals surface area contributed by atoms with Gasteiger partial charge in [0.1, 0.15) is 17.3 Å². The highest BCUT2D eigenvalue weighted by Gasteiger charge is 2.26. The fourth-order valence-corrected chi connectivity index (χ4v) is 5.21. The van der Waals surface area contributed by atoms with E-state index >= 15 is 4.39 Å². The number of H-pyrrole nitrogens is 1. The minimum Gasteiger partial charge on any atom is -0.353 e. The van der Waals surface area contributed by atoms with Crippen LogP contribution in [0, 0.1) is 17.5 Å². The van der Waals surface area contributed by atoms with Gasteiger partial charge in [-0.1, -0.05) is 6.07 Å². The summed E-state index contributed by atoms with van der Waals surface area (Å²) < 4.78 is 71.3. The number of pyridine rings is 1. The number of hydrogen-bond donors (Lipinski definition) is 3. The highest BCUT2D eigenvalue weighted by atomic mass is 32.2. The zero-order valence-corrected chi connectivity index (χ0v) is 23.1. The van der Waals surface area contributed by atoms with Crippen molar-refractivity contribution in [1.82, 2.24) is 24.8 Å². The van der Waals surface area contributed by atoms with Crippen molar-refractivity contribution in [3.05, 3.63) is 95.8 Å². The van der Waals surface area contributed by atoms with Crippen LogP contribution in [-0.2, 0) is 10.0 Å². The molecule has 0 spiro atoms. The number of nitrogens with zero attached hydrogens (tertiary/aromatic N) is 4. The van der Waals surface area contributed by atoms with Crippen molar-refractivity contribution >= 4 is 38.5 Å². The lowest BCUT2D eigenvalue weighted by molar-refractivity contribution is 0.103. The molecule has 0 bridgehead atoms. The molecular formula is C28H24F3N7O3S. The number of fused-ring (bicyclic) bond motifs is 1. The van der Waals surface area contributed by atoms with Crippen LogP contribution >= 0.6 is 0 Å².